The monoisotopic (exact) mass is 269 g/mol. The molecule has 0 fully saturated rings. The van der Waals surface area contributed by atoms with Crippen molar-refractivity contribution in [3.63, 3.8) is 0 Å². The third-order valence-corrected chi connectivity index (χ3v) is 4.34. The van der Waals surface area contributed by atoms with Crippen LogP contribution < -0.4 is 5.32 Å². The number of hydrogen-bond acceptors (Lipinski definition) is 6. The first-order valence-electron chi connectivity index (χ1n) is 5.63. The van der Waals surface area contributed by atoms with E-state index in [0.29, 0.717) is 10.9 Å². The van der Waals surface area contributed by atoms with Gasteiger partial charge in [-0.3, -0.25) is 9.79 Å². The summed E-state index contributed by atoms with van der Waals surface area (Å²) in [6.07, 6.45) is 2.38. The van der Waals surface area contributed by atoms with E-state index in [2.05, 4.69) is 22.2 Å². The molecular formula is C11H15N3OS2. The lowest BCUT2D eigenvalue weighted by Gasteiger charge is -2.05. The molecule has 17 heavy (non-hydrogen) atoms. The molecule has 0 saturated carbocycles. The quantitative estimate of drug-likeness (QED) is 0.854. The first-order chi connectivity index (χ1) is 8.19. The van der Waals surface area contributed by atoms with Gasteiger partial charge in [0, 0.05) is 17.6 Å². The smallest absolute Gasteiger partial charge is 0.189 e. The van der Waals surface area contributed by atoms with E-state index in [4.69, 9.17) is 0 Å². The van der Waals surface area contributed by atoms with E-state index in [9.17, 15) is 4.79 Å². The van der Waals surface area contributed by atoms with Crippen LogP contribution >= 0.6 is 23.1 Å². The summed E-state index contributed by atoms with van der Waals surface area (Å²) in [7, 11) is 0. The summed E-state index contributed by atoms with van der Waals surface area (Å²) in [5.74, 6) is -0.000765. The fourth-order valence-corrected chi connectivity index (χ4v) is 3.48. The van der Waals surface area contributed by atoms with Crippen LogP contribution in [0.4, 0.5) is 5.13 Å². The molecule has 0 bridgehead atoms. The molecule has 0 saturated heterocycles. The van der Waals surface area contributed by atoms with Gasteiger partial charge in [0.05, 0.1) is 6.54 Å². The highest BCUT2D eigenvalue weighted by Gasteiger charge is 2.19. The third-order valence-electron chi connectivity index (χ3n) is 2.41. The second-order valence-electron chi connectivity index (χ2n) is 3.89. The Bertz CT molecular complexity index is 442. The molecule has 2 rings (SSSR count). The Morgan fingerprint density at radius 3 is 3.12 bits per heavy atom. The van der Waals surface area contributed by atoms with Gasteiger partial charge in [-0.1, -0.05) is 25.1 Å². The van der Waals surface area contributed by atoms with Crippen LogP contribution in [0.1, 0.15) is 37.2 Å². The number of hydrogen-bond donors (Lipinski definition) is 1. The zero-order valence-electron chi connectivity index (χ0n) is 9.90. The Hall–Kier alpha value is -0.880. The Balaban J connectivity index is 1.91. The van der Waals surface area contributed by atoms with Crippen molar-refractivity contribution in [3.8, 4) is 0 Å². The van der Waals surface area contributed by atoms with Crippen molar-refractivity contribution >= 4 is 39.2 Å². The standard InChI is InChI=1S/C11H15N3OS2/c1-3-4-8-5-12-10(17-8)14-11-13-9(6-16-11)7(2)15/h6,8H,3-5H2,1-2H3,(H,12,13,14). The summed E-state index contributed by atoms with van der Waals surface area (Å²) in [6, 6.07) is 0. The van der Waals surface area contributed by atoms with E-state index in [1.807, 2.05) is 0 Å². The number of carbonyl (C=O) groups excluding carboxylic acids is 1. The summed E-state index contributed by atoms with van der Waals surface area (Å²) in [5, 5.41) is 7.21. The van der Waals surface area contributed by atoms with Crippen LogP contribution in [0.15, 0.2) is 10.4 Å². The zero-order chi connectivity index (χ0) is 12.3. The maximum atomic E-state index is 11.1. The average molecular weight is 269 g/mol. The van der Waals surface area contributed by atoms with E-state index in [1.165, 1.54) is 31.1 Å². The van der Waals surface area contributed by atoms with Crippen molar-refractivity contribution in [2.75, 3.05) is 11.9 Å². The highest BCUT2D eigenvalue weighted by molar-refractivity contribution is 8.15. The largest absolute Gasteiger partial charge is 0.311 e. The topological polar surface area (TPSA) is 54.4 Å². The third kappa shape index (κ3) is 3.29. The van der Waals surface area contributed by atoms with E-state index in [-0.39, 0.29) is 5.78 Å². The summed E-state index contributed by atoms with van der Waals surface area (Å²) in [4.78, 5) is 19.8. The minimum Gasteiger partial charge on any atom is -0.311 e. The van der Waals surface area contributed by atoms with Crippen molar-refractivity contribution in [1.29, 1.82) is 0 Å². The van der Waals surface area contributed by atoms with Crippen LogP contribution in [-0.4, -0.2) is 27.7 Å². The van der Waals surface area contributed by atoms with Gasteiger partial charge in [0.15, 0.2) is 16.1 Å². The molecule has 0 spiro atoms. The van der Waals surface area contributed by atoms with E-state index >= 15 is 0 Å². The number of thioether (sulfide) groups is 1. The molecule has 1 aromatic rings. The summed E-state index contributed by atoms with van der Waals surface area (Å²) in [6.45, 7) is 4.59. The second-order valence-corrected chi connectivity index (χ2v) is 6.04. The van der Waals surface area contributed by atoms with Crippen LogP contribution in [-0.2, 0) is 0 Å². The lowest BCUT2D eigenvalue weighted by Crippen LogP contribution is -2.07. The lowest BCUT2D eigenvalue weighted by atomic mass is 10.2. The molecule has 0 radical (unpaired) electrons. The predicted octanol–water partition coefficient (Wildman–Crippen LogP) is 3.03. The predicted molar refractivity (Wildman–Crippen MR) is 74.3 cm³/mol. The van der Waals surface area contributed by atoms with Crippen LogP contribution in [0, 0.1) is 0 Å². The number of anilines is 1. The Morgan fingerprint density at radius 2 is 2.47 bits per heavy atom. The van der Waals surface area contributed by atoms with Crippen molar-refractivity contribution in [2.45, 2.75) is 31.9 Å². The van der Waals surface area contributed by atoms with E-state index in [1.54, 1.807) is 17.1 Å². The number of Topliss-reactive ketones (excluding diaryl/α,β-unsaturated/α-hetero) is 1. The number of thiazole rings is 1. The molecule has 0 aliphatic carbocycles. The number of aromatic nitrogens is 1. The van der Waals surface area contributed by atoms with Gasteiger partial charge in [0.2, 0.25) is 0 Å². The van der Waals surface area contributed by atoms with Gasteiger partial charge >= 0.3 is 0 Å². The number of nitrogens with zero attached hydrogens (tertiary/aromatic N) is 2. The second kappa shape index (κ2) is 5.64. The average Bonchev–Trinajstić information content (AvgIpc) is 2.89. The number of nitrogens with one attached hydrogen (secondary N) is 1. The molecule has 6 heteroatoms. The molecule has 0 aromatic carbocycles. The number of amidine groups is 1. The number of rotatable bonds is 4. The van der Waals surface area contributed by atoms with Gasteiger partial charge in [0.1, 0.15) is 5.69 Å². The molecule has 0 amide bonds. The molecule has 4 nitrogen and oxygen atoms in total. The van der Waals surface area contributed by atoms with Gasteiger partial charge in [-0.15, -0.1) is 11.3 Å². The lowest BCUT2D eigenvalue weighted by molar-refractivity contribution is 0.101. The molecule has 2 heterocycles. The van der Waals surface area contributed by atoms with Crippen molar-refractivity contribution in [2.24, 2.45) is 4.99 Å². The van der Waals surface area contributed by atoms with Crippen molar-refractivity contribution in [1.82, 2.24) is 4.98 Å². The number of ketones is 1. The SMILES string of the molecule is CCCC1CN=C(Nc2nc(C(C)=O)cs2)S1. The molecule has 1 aromatic heterocycles. The number of aliphatic imine (C=N–C) groups is 1. The van der Waals surface area contributed by atoms with Crippen LogP contribution in [0.5, 0.6) is 0 Å². The molecule has 1 aliphatic rings. The minimum atomic E-state index is -0.000765. The van der Waals surface area contributed by atoms with Gasteiger partial charge in [0.25, 0.3) is 0 Å². The Kier molecular flexibility index (Phi) is 4.17. The normalized spacial score (nSPS) is 19.2. The maximum absolute atomic E-state index is 11.1. The van der Waals surface area contributed by atoms with Gasteiger partial charge in [-0.25, -0.2) is 4.98 Å². The van der Waals surface area contributed by atoms with Crippen LogP contribution in [0.3, 0.4) is 0 Å². The van der Waals surface area contributed by atoms with Crippen molar-refractivity contribution in [3.05, 3.63) is 11.1 Å². The van der Waals surface area contributed by atoms with Crippen molar-refractivity contribution < 1.29 is 4.79 Å². The molecule has 92 valence electrons. The number of carbonyl (C=O) groups is 1. The van der Waals surface area contributed by atoms with Crippen LogP contribution in [0.25, 0.3) is 0 Å². The highest BCUT2D eigenvalue weighted by Crippen LogP contribution is 2.26. The summed E-state index contributed by atoms with van der Waals surface area (Å²) in [5.41, 5.74) is 0.520. The Labute approximate surface area is 109 Å². The molecule has 1 N–H and O–H groups in total. The highest BCUT2D eigenvalue weighted by atomic mass is 32.2. The van der Waals surface area contributed by atoms with E-state index < -0.39 is 0 Å². The zero-order valence-corrected chi connectivity index (χ0v) is 11.5. The Morgan fingerprint density at radius 1 is 1.65 bits per heavy atom. The van der Waals surface area contributed by atoms with Gasteiger partial charge in [-0.05, 0) is 6.42 Å². The minimum absolute atomic E-state index is 0.000765. The molecule has 1 atom stereocenters. The fraction of sp³-hybridized carbons (Fsp3) is 0.545. The van der Waals surface area contributed by atoms with Gasteiger partial charge in [-0.2, -0.15) is 0 Å². The van der Waals surface area contributed by atoms with Gasteiger partial charge < -0.3 is 5.32 Å². The molecular weight excluding hydrogens is 254 g/mol. The first kappa shape index (κ1) is 12.6. The summed E-state index contributed by atoms with van der Waals surface area (Å²) >= 11 is 3.21. The fourth-order valence-electron chi connectivity index (χ4n) is 1.54. The first-order valence-corrected chi connectivity index (χ1v) is 7.39. The molecule has 1 aliphatic heterocycles. The summed E-state index contributed by atoms with van der Waals surface area (Å²) < 4.78 is 0. The van der Waals surface area contributed by atoms with E-state index in [0.717, 1.165) is 16.8 Å². The molecule has 1 unspecified atom stereocenters. The van der Waals surface area contributed by atoms with Crippen LogP contribution in [0.2, 0.25) is 0 Å². The maximum Gasteiger partial charge on any atom is 0.189 e.